The van der Waals surface area contributed by atoms with Crippen molar-refractivity contribution < 1.29 is 9.53 Å². The number of allylic oxidation sites excluding steroid dienone is 2. The quantitative estimate of drug-likeness (QED) is 0.381. The van der Waals surface area contributed by atoms with Crippen LogP contribution in [0.25, 0.3) is 0 Å². The second-order valence-electron chi connectivity index (χ2n) is 3.99. The van der Waals surface area contributed by atoms with E-state index in [0.717, 1.165) is 12.3 Å². The molecule has 1 rings (SSSR count). The highest BCUT2D eigenvalue weighted by atomic mass is 16.5. The number of esters is 1. The van der Waals surface area contributed by atoms with Gasteiger partial charge in [0.25, 0.3) is 0 Å². The second-order valence-corrected chi connectivity index (χ2v) is 3.99. The van der Waals surface area contributed by atoms with Crippen molar-refractivity contribution >= 4 is 5.97 Å². The maximum Gasteiger partial charge on any atom is 0.330 e. The molecule has 0 aromatic rings. The molecule has 84 valence electrons. The average Bonchev–Trinajstić information content (AvgIpc) is 2.12. The third-order valence-electron chi connectivity index (χ3n) is 2.96. The molecular weight excluding hydrogens is 188 g/mol. The molecule has 15 heavy (non-hydrogen) atoms. The van der Waals surface area contributed by atoms with Crippen molar-refractivity contribution in [2.24, 2.45) is 11.8 Å². The van der Waals surface area contributed by atoms with Crippen molar-refractivity contribution in [3.63, 3.8) is 0 Å². The Morgan fingerprint density at radius 3 is 2.80 bits per heavy atom. The summed E-state index contributed by atoms with van der Waals surface area (Å²) in [7, 11) is 0. The third-order valence-corrected chi connectivity index (χ3v) is 2.96. The summed E-state index contributed by atoms with van der Waals surface area (Å²) in [6, 6.07) is 0. The van der Waals surface area contributed by atoms with Gasteiger partial charge < -0.3 is 4.74 Å². The summed E-state index contributed by atoms with van der Waals surface area (Å²) in [5, 5.41) is 0. The first-order valence-corrected chi connectivity index (χ1v) is 5.73. The van der Waals surface area contributed by atoms with Crippen molar-refractivity contribution in [3.05, 3.63) is 24.8 Å². The van der Waals surface area contributed by atoms with Crippen molar-refractivity contribution in [3.8, 4) is 0 Å². The molecule has 2 nitrogen and oxygen atoms in total. The van der Waals surface area contributed by atoms with E-state index in [4.69, 9.17) is 4.74 Å². The molecule has 0 amide bonds. The van der Waals surface area contributed by atoms with E-state index in [1.807, 2.05) is 19.1 Å². The number of ether oxygens (including phenoxy) is 1. The van der Waals surface area contributed by atoms with Gasteiger partial charge in [-0.1, -0.05) is 18.6 Å². The smallest absolute Gasteiger partial charge is 0.330 e. The number of hydrogen-bond donors (Lipinski definition) is 0. The Morgan fingerprint density at radius 1 is 1.60 bits per heavy atom. The van der Waals surface area contributed by atoms with Crippen LogP contribution in [-0.4, -0.2) is 12.6 Å². The van der Waals surface area contributed by atoms with Crippen LogP contribution < -0.4 is 0 Å². The molecule has 1 saturated carbocycles. The SMILES string of the molecule is C=CCC(C=CC(=O)OCC)C1CCC1. The van der Waals surface area contributed by atoms with Crippen LogP contribution in [0.15, 0.2) is 24.8 Å². The van der Waals surface area contributed by atoms with Gasteiger partial charge in [-0.2, -0.15) is 0 Å². The number of carbonyl (C=O) groups is 1. The van der Waals surface area contributed by atoms with E-state index < -0.39 is 0 Å². The minimum absolute atomic E-state index is 0.231. The van der Waals surface area contributed by atoms with Crippen LogP contribution in [0.5, 0.6) is 0 Å². The predicted molar refractivity (Wildman–Crippen MR) is 61.4 cm³/mol. The van der Waals surface area contributed by atoms with Gasteiger partial charge in [-0.25, -0.2) is 4.79 Å². The Morgan fingerprint density at radius 2 is 2.33 bits per heavy atom. The molecule has 1 aliphatic carbocycles. The molecule has 1 atom stereocenters. The molecule has 1 aliphatic rings. The lowest BCUT2D eigenvalue weighted by Gasteiger charge is -2.31. The number of carbonyl (C=O) groups excluding carboxylic acids is 1. The Kier molecular flexibility index (Phi) is 5.16. The monoisotopic (exact) mass is 208 g/mol. The second kappa shape index (κ2) is 6.44. The zero-order valence-corrected chi connectivity index (χ0v) is 9.45. The van der Waals surface area contributed by atoms with E-state index in [9.17, 15) is 4.79 Å². The maximum atomic E-state index is 11.1. The van der Waals surface area contributed by atoms with Crippen LogP contribution in [0.3, 0.4) is 0 Å². The molecule has 0 spiro atoms. The van der Waals surface area contributed by atoms with Gasteiger partial charge in [-0.15, -0.1) is 6.58 Å². The Bertz CT molecular complexity index is 239. The van der Waals surface area contributed by atoms with Gasteiger partial charge in [0.15, 0.2) is 0 Å². The highest BCUT2D eigenvalue weighted by Gasteiger charge is 2.24. The molecule has 0 heterocycles. The highest BCUT2D eigenvalue weighted by Crippen LogP contribution is 2.36. The van der Waals surface area contributed by atoms with Crippen LogP contribution in [0, 0.1) is 11.8 Å². The fraction of sp³-hybridized carbons (Fsp3) is 0.615. The molecule has 0 saturated heterocycles. The summed E-state index contributed by atoms with van der Waals surface area (Å²) in [6.45, 7) is 6.02. The van der Waals surface area contributed by atoms with E-state index in [2.05, 4.69) is 6.58 Å². The number of hydrogen-bond acceptors (Lipinski definition) is 2. The van der Waals surface area contributed by atoms with E-state index in [0.29, 0.717) is 12.5 Å². The number of rotatable bonds is 6. The minimum Gasteiger partial charge on any atom is -0.463 e. The van der Waals surface area contributed by atoms with Crippen molar-refractivity contribution in [1.82, 2.24) is 0 Å². The lowest BCUT2D eigenvalue weighted by atomic mass is 9.74. The summed E-state index contributed by atoms with van der Waals surface area (Å²) in [6.07, 6.45) is 10.3. The summed E-state index contributed by atoms with van der Waals surface area (Å²) < 4.78 is 4.85. The molecule has 0 bridgehead atoms. The van der Waals surface area contributed by atoms with Gasteiger partial charge in [0.2, 0.25) is 0 Å². The van der Waals surface area contributed by atoms with Crippen LogP contribution in [0.1, 0.15) is 32.6 Å². The van der Waals surface area contributed by atoms with Crippen LogP contribution in [0.2, 0.25) is 0 Å². The first kappa shape index (κ1) is 12.0. The lowest BCUT2D eigenvalue weighted by Crippen LogP contribution is -2.20. The maximum absolute atomic E-state index is 11.1. The van der Waals surface area contributed by atoms with Gasteiger partial charge in [0.05, 0.1) is 6.61 Å². The Balaban J connectivity index is 2.41. The van der Waals surface area contributed by atoms with Crippen molar-refractivity contribution in [2.75, 3.05) is 6.61 Å². The average molecular weight is 208 g/mol. The molecule has 0 aliphatic heterocycles. The molecular formula is C13H20O2. The summed E-state index contributed by atoms with van der Waals surface area (Å²) in [5.74, 6) is 0.986. The van der Waals surface area contributed by atoms with E-state index in [-0.39, 0.29) is 5.97 Å². The van der Waals surface area contributed by atoms with Crippen molar-refractivity contribution in [1.29, 1.82) is 0 Å². The molecule has 1 unspecified atom stereocenters. The molecule has 2 heteroatoms. The van der Waals surface area contributed by atoms with E-state index in [1.165, 1.54) is 19.3 Å². The lowest BCUT2D eigenvalue weighted by molar-refractivity contribution is -0.137. The zero-order valence-electron chi connectivity index (χ0n) is 9.45. The Labute approximate surface area is 92.0 Å². The van der Waals surface area contributed by atoms with Gasteiger partial charge in [-0.3, -0.25) is 0 Å². The standard InChI is InChI=1S/C13H20O2/c1-3-6-11(12-7-5-8-12)9-10-13(14)15-4-2/h3,9-12H,1,4-8H2,2H3. The van der Waals surface area contributed by atoms with E-state index in [1.54, 1.807) is 6.08 Å². The van der Waals surface area contributed by atoms with Gasteiger partial charge in [-0.05, 0) is 38.0 Å². The van der Waals surface area contributed by atoms with Gasteiger partial charge in [0, 0.05) is 6.08 Å². The fourth-order valence-electron chi connectivity index (χ4n) is 1.88. The molecule has 0 aromatic carbocycles. The molecule has 1 fully saturated rings. The van der Waals surface area contributed by atoms with Crippen LogP contribution >= 0.6 is 0 Å². The molecule has 0 radical (unpaired) electrons. The summed E-state index contributed by atoms with van der Waals surface area (Å²) in [5.41, 5.74) is 0. The Hall–Kier alpha value is -1.05. The fourth-order valence-corrected chi connectivity index (χ4v) is 1.88. The van der Waals surface area contributed by atoms with Crippen LogP contribution in [0.4, 0.5) is 0 Å². The zero-order chi connectivity index (χ0) is 11.1. The largest absolute Gasteiger partial charge is 0.463 e. The van der Waals surface area contributed by atoms with Crippen molar-refractivity contribution in [2.45, 2.75) is 32.6 Å². The van der Waals surface area contributed by atoms with Crippen LogP contribution in [-0.2, 0) is 9.53 Å². The first-order chi connectivity index (χ1) is 7.27. The predicted octanol–water partition coefficient (Wildman–Crippen LogP) is 3.10. The normalized spacial score (nSPS) is 18.5. The summed E-state index contributed by atoms with van der Waals surface area (Å²) >= 11 is 0. The molecule has 0 aromatic heterocycles. The minimum atomic E-state index is -0.231. The third kappa shape index (κ3) is 3.90. The summed E-state index contributed by atoms with van der Waals surface area (Å²) in [4.78, 5) is 11.1. The van der Waals surface area contributed by atoms with Gasteiger partial charge >= 0.3 is 5.97 Å². The van der Waals surface area contributed by atoms with E-state index >= 15 is 0 Å². The first-order valence-electron chi connectivity index (χ1n) is 5.73. The molecule has 0 N–H and O–H groups in total. The topological polar surface area (TPSA) is 26.3 Å². The van der Waals surface area contributed by atoms with Gasteiger partial charge in [0.1, 0.15) is 0 Å². The highest BCUT2D eigenvalue weighted by molar-refractivity contribution is 5.81.